The van der Waals surface area contributed by atoms with E-state index in [1.54, 1.807) is 0 Å². The molecular weight excluding hydrogens is 589 g/mol. The summed E-state index contributed by atoms with van der Waals surface area (Å²) in [6.45, 7) is 0. The second-order valence-electron chi connectivity index (χ2n) is 0. The van der Waals surface area contributed by atoms with E-state index in [1.807, 2.05) is 0 Å². The van der Waals surface area contributed by atoms with Crippen molar-refractivity contribution in [2.45, 2.75) is 0 Å². The summed E-state index contributed by atoms with van der Waals surface area (Å²) in [5.74, 6) is 0. The van der Waals surface area contributed by atoms with E-state index < -0.39 is 0 Å². The van der Waals surface area contributed by atoms with E-state index in [0.29, 0.717) is 0 Å². The summed E-state index contributed by atoms with van der Waals surface area (Å²) in [5, 5.41) is 0. The van der Waals surface area contributed by atoms with E-state index in [0.717, 1.165) is 0 Å². The molecule has 9 heavy (non-hydrogen) atoms. The van der Waals surface area contributed by atoms with Gasteiger partial charge in [-0.25, -0.2) is 0 Å². The summed E-state index contributed by atoms with van der Waals surface area (Å²) >= 11 is 0. The van der Waals surface area contributed by atoms with Gasteiger partial charge in [-0.05, 0) is 0 Å². The zero-order chi connectivity index (χ0) is 0. The van der Waals surface area contributed by atoms with Crippen molar-refractivity contribution in [3.05, 3.63) is 0 Å². The fourth-order valence-electron chi connectivity index (χ4n) is 0. The van der Waals surface area contributed by atoms with Gasteiger partial charge in [-0.2, -0.15) is 0 Å². The average Bonchev–Trinajstić information content (AvgIpc) is 0. The van der Waals surface area contributed by atoms with Crippen LogP contribution in [-0.4, -0.2) is 0 Å². The standard InChI is InChI=1S/7Ni.2Y. The molecular formula is Ni7Y2. The molecule has 0 atom stereocenters. The van der Waals surface area contributed by atoms with Crippen LogP contribution in [0.15, 0.2) is 0 Å². The van der Waals surface area contributed by atoms with E-state index in [-0.39, 0.29) is 181 Å². The molecule has 0 heterocycles. The predicted octanol–water partition coefficient (Wildman–Crippen LogP) is -0.0225. The van der Waals surface area contributed by atoms with E-state index in [2.05, 4.69) is 0 Å². The van der Waals surface area contributed by atoms with Crippen molar-refractivity contribution >= 4 is 0 Å². The first-order valence-corrected chi connectivity index (χ1v) is 0. The third-order valence-corrected chi connectivity index (χ3v) is 0. The van der Waals surface area contributed by atoms with Gasteiger partial charge >= 0.3 is 0 Å². The van der Waals surface area contributed by atoms with Crippen LogP contribution in [0.2, 0.25) is 0 Å². The van der Waals surface area contributed by atoms with Gasteiger partial charge in [0.1, 0.15) is 0 Å². The van der Waals surface area contributed by atoms with E-state index in [4.69, 9.17) is 0 Å². The van der Waals surface area contributed by atoms with Crippen LogP contribution in [0.5, 0.6) is 0 Å². The zero-order valence-electron chi connectivity index (χ0n) is 3.37. The molecule has 0 amide bonds. The molecule has 0 aliphatic rings. The SMILES string of the molecule is [Ni].[Ni].[Ni].[Ni].[Ni].[Ni].[Ni].[Y].[Y]. The Morgan fingerprint density at radius 1 is 0.222 bits per heavy atom. The summed E-state index contributed by atoms with van der Waals surface area (Å²) in [4.78, 5) is 0. The predicted molar refractivity (Wildman–Crippen MR) is 0 cm³/mol. The molecule has 0 nitrogen and oxygen atoms in total. The van der Waals surface area contributed by atoms with Crippen LogP contribution in [0.25, 0.3) is 0 Å². The van der Waals surface area contributed by atoms with E-state index >= 15 is 0 Å². The van der Waals surface area contributed by atoms with Gasteiger partial charge in [-0.1, -0.05) is 0 Å². The topological polar surface area (TPSA) is 0 Å². The molecule has 0 saturated heterocycles. The Bertz CT molecular complexity index is 6.88. The summed E-state index contributed by atoms with van der Waals surface area (Å²) in [7, 11) is 0. The maximum atomic E-state index is 0. The molecule has 0 N–H and O–H groups in total. The second kappa shape index (κ2) is 68.3. The van der Waals surface area contributed by atoms with Gasteiger partial charge in [-0.15, -0.1) is 0 Å². The van der Waals surface area contributed by atoms with E-state index in [1.165, 1.54) is 0 Å². The Kier molecular flexibility index (Phi) is 648. The molecule has 0 fully saturated rings. The number of hydrogen-bond acceptors (Lipinski definition) is 0. The van der Waals surface area contributed by atoms with E-state index in [9.17, 15) is 0 Å². The molecule has 76 valence electrons. The first kappa shape index (κ1) is 85.4. The summed E-state index contributed by atoms with van der Waals surface area (Å²) in [6.07, 6.45) is 0. The molecule has 0 aliphatic heterocycles. The van der Waals surface area contributed by atoms with Crippen molar-refractivity contribution < 1.29 is 181 Å². The van der Waals surface area contributed by atoms with Crippen LogP contribution in [-0.2, 0) is 181 Å². The molecule has 9 heteroatoms. The van der Waals surface area contributed by atoms with Gasteiger partial charge in [0.2, 0.25) is 0 Å². The van der Waals surface area contributed by atoms with Crippen molar-refractivity contribution in [2.75, 3.05) is 0 Å². The minimum absolute atomic E-state index is 0. The fraction of sp³-hybridized carbons (Fsp3) is 0. The molecule has 0 aromatic rings. The van der Waals surface area contributed by atoms with Crippen LogP contribution < -0.4 is 0 Å². The summed E-state index contributed by atoms with van der Waals surface area (Å²) < 4.78 is 0. The van der Waals surface area contributed by atoms with Gasteiger partial charge < -0.3 is 0 Å². The number of rotatable bonds is 0. The van der Waals surface area contributed by atoms with Crippen molar-refractivity contribution in [1.29, 1.82) is 0 Å². The summed E-state index contributed by atoms with van der Waals surface area (Å²) in [6, 6.07) is 0. The molecule has 0 spiro atoms. The third-order valence-electron chi connectivity index (χ3n) is 0. The minimum atomic E-state index is 0. The van der Waals surface area contributed by atoms with Crippen molar-refractivity contribution in [3.63, 3.8) is 0 Å². The van der Waals surface area contributed by atoms with Gasteiger partial charge in [0.15, 0.2) is 0 Å². The summed E-state index contributed by atoms with van der Waals surface area (Å²) in [5.41, 5.74) is 0. The molecule has 2 radical (unpaired) electrons. The maximum absolute atomic E-state index is 0. The first-order valence-electron chi connectivity index (χ1n) is 0. The molecule has 0 saturated carbocycles. The molecule has 0 aliphatic carbocycles. The molecule has 0 aromatic heterocycles. The molecule has 0 bridgehead atoms. The smallest absolute Gasteiger partial charge is 0 e. The normalized spacial score (nSPS) is 0. The third kappa shape index (κ3) is 58.0. The van der Waals surface area contributed by atoms with Gasteiger partial charge in [0.05, 0.1) is 0 Å². The monoisotopic (exact) mass is 583 g/mol. The maximum Gasteiger partial charge on any atom is 0 e. The Balaban J connectivity index is 0. The Morgan fingerprint density at radius 2 is 0.222 bits per heavy atom. The number of hydrogen-bond donors (Lipinski definition) is 0. The molecule has 0 aromatic carbocycles. The Morgan fingerprint density at radius 3 is 0.222 bits per heavy atom. The first-order chi connectivity index (χ1) is 0. The molecule has 0 rings (SSSR count). The van der Waals surface area contributed by atoms with Gasteiger partial charge in [-0.3, -0.25) is 0 Å². The van der Waals surface area contributed by atoms with Crippen molar-refractivity contribution in [1.82, 2.24) is 0 Å². The van der Waals surface area contributed by atoms with Gasteiger partial charge in [0, 0.05) is 181 Å². The van der Waals surface area contributed by atoms with Crippen LogP contribution in [0.3, 0.4) is 0 Å². The van der Waals surface area contributed by atoms with Gasteiger partial charge in [0.25, 0.3) is 0 Å². The second-order valence-corrected chi connectivity index (χ2v) is 0. The molecule has 0 unspecified atom stereocenters. The zero-order valence-corrected chi connectivity index (χ0v) is 16.0. The average molecular weight is 589 g/mol. The largest absolute Gasteiger partial charge is 0 e. The quantitative estimate of drug-likeness (QED) is 0.349. The van der Waals surface area contributed by atoms with Crippen LogP contribution in [0, 0.1) is 0 Å². The van der Waals surface area contributed by atoms with Crippen LogP contribution in [0.4, 0.5) is 0 Å². The fourth-order valence-corrected chi connectivity index (χ4v) is 0. The van der Waals surface area contributed by atoms with Crippen molar-refractivity contribution in [3.8, 4) is 0 Å². The minimum Gasteiger partial charge on any atom is 0 e. The van der Waals surface area contributed by atoms with Crippen LogP contribution in [0.1, 0.15) is 0 Å². The Hall–Kier alpha value is 5.66. The van der Waals surface area contributed by atoms with Crippen LogP contribution >= 0.6 is 0 Å². The van der Waals surface area contributed by atoms with Crippen molar-refractivity contribution in [2.24, 2.45) is 0 Å². The Labute approximate surface area is 176 Å².